The summed E-state index contributed by atoms with van der Waals surface area (Å²) >= 11 is 0.913. The zero-order valence-electron chi connectivity index (χ0n) is 13.6. The Bertz CT molecular complexity index is 761. The maximum absolute atomic E-state index is 12.7. The largest absolute Gasteiger partial charge is 0.481 e. The molecule has 0 bridgehead atoms. The van der Waals surface area contributed by atoms with Gasteiger partial charge in [-0.1, -0.05) is 66.4 Å². The minimum atomic E-state index is -0.951. The van der Waals surface area contributed by atoms with Crippen LogP contribution in [0.4, 0.5) is 0 Å². The summed E-state index contributed by atoms with van der Waals surface area (Å²) in [6, 6.07) is 15.2. The first-order chi connectivity index (χ1) is 12.0. The third-order valence-electron chi connectivity index (χ3n) is 3.60. The van der Waals surface area contributed by atoms with Crippen LogP contribution in [0, 0.1) is 0 Å². The molecule has 6 heteroatoms. The van der Waals surface area contributed by atoms with Crippen molar-refractivity contribution in [1.29, 1.82) is 0 Å². The normalized spacial score (nSPS) is 11.7. The van der Waals surface area contributed by atoms with Gasteiger partial charge in [0.1, 0.15) is 0 Å². The first-order valence-electron chi connectivity index (χ1n) is 7.80. The number of rotatable bonds is 8. The predicted octanol–water partition coefficient (Wildman–Crippen LogP) is 2.52. The van der Waals surface area contributed by atoms with E-state index in [1.54, 1.807) is 48.5 Å². The SMILES string of the molecule is N[C@@H](Cc1ccccc1C(=O)c1ccccc1)C(=O)SCCC(=O)O. The lowest BCUT2D eigenvalue weighted by Crippen LogP contribution is -2.31. The lowest BCUT2D eigenvalue weighted by Gasteiger charge is -2.13. The lowest BCUT2D eigenvalue weighted by molar-refractivity contribution is -0.136. The summed E-state index contributed by atoms with van der Waals surface area (Å²) in [6.07, 6.45) is 0.139. The molecule has 0 saturated heterocycles. The van der Waals surface area contributed by atoms with Gasteiger partial charge in [0.25, 0.3) is 0 Å². The lowest BCUT2D eigenvalue weighted by atomic mass is 9.95. The Balaban J connectivity index is 2.09. The summed E-state index contributed by atoms with van der Waals surface area (Å²) < 4.78 is 0. The van der Waals surface area contributed by atoms with E-state index < -0.39 is 12.0 Å². The Morgan fingerprint density at radius 1 is 1.00 bits per heavy atom. The molecule has 0 aromatic heterocycles. The Kier molecular flexibility index (Phi) is 6.91. The quantitative estimate of drug-likeness (QED) is 0.705. The maximum Gasteiger partial charge on any atom is 0.304 e. The standard InChI is InChI=1S/C19H19NO4S/c20-16(19(24)25-11-10-17(21)22)12-14-8-4-5-9-15(14)18(23)13-6-2-1-3-7-13/h1-9,16H,10-12,20H2,(H,21,22)/t16-/m0/s1. The van der Waals surface area contributed by atoms with E-state index in [1.807, 2.05) is 6.07 Å². The van der Waals surface area contributed by atoms with Crippen LogP contribution in [0.3, 0.4) is 0 Å². The van der Waals surface area contributed by atoms with Gasteiger partial charge in [0.15, 0.2) is 5.78 Å². The van der Waals surface area contributed by atoms with Gasteiger partial charge in [-0.2, -0.15) is 0 Å². The van der Waals surface area contributed by atoms with Crippen molar-refractivity contribution in [3.05, 3.63) is 71.3 Å². The smallest absolute Gasteiger partial charge is 0.304 e. The summed E-state index contributed by atoms with van der Waals surface area (Å²) in [7, 11) is 0. The Morgan fingerprint density at radius 3 is 2.32 bits per heavy atom. The molecule has 25 heavy (non-hydrogen) atoms. The summed E-state index contributed by atoms with van der Waals surface area (Å²) in [6.45, 7) is 0. The van der Waals surface area contributed by atoms with Crippen LogP contribution >= 0.6 is 11.8 Å². The zero-order chi connectivity index (χ0) is 18.2. The number of carboxylic acid groups (broad SMARTS) is 1. The van der Waals surface area contributed by atoms with Gasteiger partial charge in [-0.25, -0.2) is 0 Å². The van der Waals surface area contributed by atoms with E-state index >= 15 is 0 Å². The number of hydrogen-bond donors (Lipinski definition) is 2. The van der Waals surface area contributed by atoms with Crippen molar-refractivity contribution in [3.63, 3.8) is 0 Å². The number of aliphatic carboxylic acids is 1. The minimum absolute atomic E-state index is 0.0911. The van der Waals surface area contributed by atoms with Gasteiger partial charge in [-0.3, -0.25) is 14.4 Å². The monoisotopic (exact) mass is 357 g/mol. The van der Waals surface area contributed by atoms with Crippen LogP contribution in [0.25, 0.3) is 0 Å². The van der Waals surface area contributed by atoms with Crippen LogP contribution in [0.1, 0.15) is 27.9 Å². The topological polar surface area (TPSA) is 97.5 Å². The van der Waals surface area contributed by atoms with Crippen LogP contribution in [0.2, 0.25) is 0 Å². The number of nitrogens with two attached hydrogens (primary N) is 1. The van der Waals surface area contributed by atoms with Gasteiger partial charge >= 0.3 is 5.97 Å². The fourth-order valence-corrected chi connectivity index (χ4v) is 3.11. The number of carbonyl (C=O) groups is 3. The van der Waals surface area contributed by atoms with Gasteiger partial charge < -0.3 is 10.8 Å². The summed E-state index contributed by atoms with van der Waals surface area (Å²) in [4.78, 5) is 35.2. The molecule has 3 N–H and O–H groups in total. The van der Waals surface area contributed by atoms with Gasteiger partial charge in [0.2, 0.25) is 5.12 Å². The molecule has 1 atom stereocenters. The van der Waals surface area contributed by atoms with Crippen LogP contribution < -0.4 is 5.73 Å². The number of benzene rings is 2. The third-order valence-corrected chi connectivity index (χ3v) is 4.60. The van der Waals surface area contributed by atoms with Gasteiger partial charge in [-0.05, 0) is 12.0 Å². The molecule has 0 aliphatic heterocycles. The van der Waals surface area contributed by atoms with Crippen molar-refractivity contribution in [2.24, 2.45) is 5.73 Å². The summed E-state index contributed by atoms with van der Waals surface area (Å²) in [5.74, 6) is -0.881. The third kappa shape index (κ3) is 5.55. The van der Waals surface area contributed by atoms with E-state index in [0.29, 0.717) is 16.7 Å². The fourth-order valence-electron chi connectivity index (χ4n) is 2.33. The first kappa shape index (κ1) is 18.9. The van der Waals surface area contributed by atoms with Crippen LogP contribution in [-0.4, -0.2) is 33.8 Å². The highest BCUT2D eigenvalue weighted by Crippen LogP contribution is 2.18. The average Bonchev–Trinajstić information content (AvgIpc) is 2.62. The van der Waals surface area contributed by atoms with E-state index in [4.69, 9.17) is 10.8 Å². The highest BCUT2D eigenvalue weighted by atomic mass is 32.2. The van der Waals surface area contributed by atoms with Crippen LogP contribution in [0.15, 0.2) is 54.6 Å². The molecule has 0 saturated carbocycles. The number of hydrogen-bond acceptors (Lipinski definition) is 5. The van der Waals surface area contributed by atoms with Crippen molar-refractivity contribution < 1.29 is 19.5 Å². The second-order valence-corrected chi connectivity index (χ2v) is 6.57. The Hall–Kier alpha value is -2.44. The number of thioether (sulfide) groups is 1. The minimum Gasteiger partial charge on any atom is -0.481 e. The molecule has 0 heterocycles. The van der Waals surface area contributed by atoms with E-state index in [-0.39, 0.29) is 29.5 Å². The average molecular weight is 357 g/mol. The van der Waals surface area contributed by atoms with E-state index in [9.17, 15) is 14.4 Å². The molecule has 0 radical (unpaired) electrons. The van der Waals surface area contributed by atoms with Crippen LogP contribution in [0.5, 0.6) is 0 Å². The van der Waals surface area contributed by atoms with Crippen molar-refractivity contribution in [2.75, 3.05) is 5.75 Å². The van der Waals surface area contributed by atoms with E-state index in [2.05, 4.69) is 0 Å². The molecule has 130 valence electrons. The van der Waals surface area contributed by atoms with Crippen molar-refractivity contribution in [2.45, 2.75) is 18.9 Å². The highest BCUT2D eigenvalue weighted by molar-refractivity contribution is 8.13. The van der Waals surface area contributed by atoms with Crippen molar-refractivity contribution in [1.82, 2.24) is 0 Å². The molecule has 0 spiro atoms. The second kappa shape index (κ2) is 9.15. The molecule has 2 aromatic rings. The molecular formula is C19H19NO4S. The maximum atomic E-state index is 12.7. The molecule has 0 fully saturated rings. The summed E-state index contributed by atoms with van der Waals surface area (Å²) in [5, 5.41) is 8.34. The van der Waals surface area contributed by atoms with Crippen molar-refractivity contribution >= 4 is 28.6 Å². The Labute approximate surface area is 150 Å². The molecule has 0 aliphatic carbocycles. The highest BCUT2D eigenvalue weighted by Gasteiger charge is 2.19. The van der Waals surface area contributed by atoms with Gasteiger partial charge in [0, 0.05) is 16.9 Å². The fraction of sp³-hybridized carbons (Fsp3) is 0.211. The van der Waals surface area contributed by atoms with Crippen molar-refractivity contribution in [3.8, 4) is 0 Å². The number of ketones is 1. The molecule has 0 aliphatic rings. The number of carboxylic acids is 1. The number of carbonyl (C=O) groups excluding carboxylic acids is 2. The molecule has 5 nitrogen and oxygen atoms in total. The predicted molar refractivity (Wildman–Crippen MR) is 97.7 cm³/mol. The molecule has 2 rings (SSSR count). The Morgan fingerprint density at radius 2 is 1.64 bits per heavy atom. The molecule has 0 unspecified atom stereocenters. The first-order valence-corrected chi connectivity index (χ1v) is 8.79. The molecule has 0 amide bonds. The zero-order valence-corrected chi connectivity index (χ0v) is 14.4. The van der Waals surface area contributed by atoms with Gasteiger partial charge in [-0.15, -0.1) is 0 Å². The second-order valence-electron chi connectivity index (χ2n) is 5.47. The molecular weight excluding hydrogens is 338 g/mol. The van der Waals surface area contributed by atoms with Gasteiger partial charge in [0.05, 0.1) is 12.5 Å². The van der Waals surface area contributed by atoms with E-state index in [0.717, 1.165) is 11.8 Å². The van der Waals surface area contributed by atoms with E-state index in [1.165, 1.54) is 0 Å². The van der Waals surface area contributed by atoms with Crippen LogP contribution in [-0.2, 0) is 16.0 Å². The summed E-state index contributed by atoms with van der Waals surface area (Å²) in [5.41, 5.74) is 7.74. The molecule has 2 aromatic carbocycles.